The molecule has 5 aromatic rings. The van der Waals surface area contributed by atoms with Crippen LogP contribution in [0.2, 0.25) is 0 Å². The average molecular weight is 472 g/mol. The van der Waals surface area contributed by atoms with Gasteiger partial charge in [-0.2, -0.15) is 0 Å². The first-order valence-electron chi connectivity index (χ1n) is 12.5. The van der Waals surface area contributed by atoms with E-state index >= 15 is 0 Å². The molecule has 0 spiro atoms. The number of aromatic nitrogens is 2. The monoisotopic (exact) mass is 471 g/mol. The summed E-state index contributed by atoms with van der Waals surface area (Å²) in [5.41, 5.74) is 0.598. The Bertz CT molecular complexity index is 1740. The molecule has 7 heteroatoms. The van der Waals surface area contributed by atoms with Crippen molar-refractivity contribution < 1.29 is 14.6 Å². The van der Waals surface area contributed by atoms with E-state index in [9.17, 15) is 9.90 Å². The van der Waals surface area contributed by atoms with Crippen molar-refractivity contribution in [3.05, 3.63) is 40.0 Å². The van der Waals surface area contributed by atoms with Crippen molar-refractivity contribution in [2.24, 2.45) is 4.99 Å². The molecule has 0 fully saturated rings. The molecule has 0 amide bonds. The first kappa shape index (κ1) is 21.9. The van der Waals surface area contributed by atoms with Crippen molar-refractivity contribution in [3.63, 3.8) is 0 Å². The second kappa shape index (κ2) is 7.70. The topological polar surface area (TPSA) is 85.9 Å². The third-order valence-corrected chi connectivity index (χ3v) is 6.93. The fourth-order valence-electron chi connectivity index (χ4n) is 5.38. The summed E-state index contributed by atoms with van der Waals surface area (Å²) in [7, 11) is 0. The van der Waals surface area contributed by atoms with E-state index in [-0.39, 0.29) is 11.3 Å². The lowest BCUT2D eigenvalue weighted by atomic mass is 9.91. The predicted molar refractivity (Wildman–Crippen MR) is 138 cm³/mol. The normalized spacial score (nSPS) is 14.7. The second-order valence-corrected chi connectivity index (χ2v) is 9.88. The highest BCUT2D eigenvalue weighted by molar-refractivity contribution is 6.32. The average Bonchev–Trinajstić information content (AvgIpc) is 2.82. The van der Waals surface area contributed by atoms with Gasteiger partial charge in [0.25, 0.3) is 5.56 Å². The first-order chi connectivity index (χ1) is 16.9. The van der Waals surface area contributed by atoms with Gasteiger partial charge in [-0.15, -0.1) is 0 Å². The number of hydrogen-bond donors (Lipinski definition) is 1. The minimum atomic E-state index is -0.797. The van der Waals surface area contributed by atoms with E-state index in [1.54, 1.807) is 6.07 Å². The molecule has 1 aliphatic heterocycles. The zero-order chi connectivity index (χ0) is 24.5. The van der Waals surface area contributed by atoms with E-state index in [1.807, 2.05) is 36.6 Å². The number of fused-ring (bicyclic) bond motifs is 1. The van der Waals surface area contributed by atoms with Crippen molar-refractivity contribution in [3.8, 4) is 17.4 Å². The standard InChI is InChI=1S/C28H29N3O4/c1-5-7-13-31-16-10-11-17(32)21-20(16)23-19-15(29-26(24(23)27(31)33)34-14-8-6-2)9-12-18-22(19)25(21)30-28(3,4)35-18/h9-12,32H,5-8,13-14H2,1-4H3. The second-order valence-electron chi connectivity index (χ2n) is 9.88. The van der Waals surface area contributed by atoms with Crippen LogP contribution in [0.25, 0.3) is 43.4 Å². The molecule has 3 aromatic carbocycles. The van der Waals surface area contributed by atoms with Crippen LogP contribution in [0.3, 0.4) is 0 Å². The Morgan fingerprint density at radius 2 is 1.77 bits per heavy atom. The number of aromatic hydroxyl groups is 1. The number of rotatable bonds is 7. The molecule has 0 bridgehead atoms. The van der Waals surface area contributed by atoms with E-state index in [4.69, 9.17) is 19.5 Å². The quantitative estimate of drug-likeness (QED) is 0.194. The van der Waals surface area contributed by atoms with E-state index in [0.29, 0.717) is 40.9 Å². The van der Waals surface area contributed by atoms with Crippen LogP contribution >= 0.6 is 0 Å². The van der Waals surface area contributed by atoms with Crippen molar-refractivity contribution in [2.75, 3.05) is 6.61 Å². The fraction of sp³-hybridized carbons (Fsp3) is 0.393. The number of pyridine rings is 2. The lowest BCUT2D eigenvalue weighted by Gasteiger charge is -2.29. The van der Waals surface area contributed by atoms with Gasteiger partial charge in [-0.1, -0.05) is 26.7 Å². The highest BCUT2D eigenvalue weighted by Gasteiger charge is 2.31. The molecule has 7 nitrogen and oxygen atoms in total. The number of ether oxygens (including phenoxy) is 2. The first-order valence-corrected chi connectivity index (χ1v) is 12.5. The van der Waals surface area contributed by atoms with Crippen LogP contribution in [-0.4, -0.2) is 27.0 Å². The summed E-state index contributed by atoms with van der Waals surface area (Å²) in [5.74, 6) is 1.16. The molecule has 0 atom stereocenters. The number of unbranched alkanes of at least 4 members (excludes halogenated alkanes) is 2. The largest absolute Gasteiger partial charge is 0.507 e. The summed E-state index contributed by atoms with van der Waals surface area (Å²) in [5, 5.41) is 16.1. The summed E-state index contributed by atoms with van der Waals surface area (Å²) >= 11 is 0. The molecule has 6 rings (SSSR count). The Labute approximate surface area is 202 Å². The molecular weight excluding hydrogens is 442 g/mol. The minimum Gasteiger partial charge on any atom is -0.507 e. The third-order valence-electron chi connectivity index (χ3n) is 6.93. The van der Waals surface area contributed by atoms with Gasteiger partial charge in [0, 0.05) is 22.7 Å². The summed E-state index contributed by atoms with van der Waals surface area (Å²) in [6.45, 7) is 9.07. The SMILES string of the molecule is CCCCOc1nc2ccc3c4c(c5c(O)ccc6c5c(c1c(=O)n6CCCC)c24)=NC(C)(C)O3. The van der Waals surface area contributed by atoms with Crippen molar-refractivity contribution >= 4 is 43.4 Å². The van der Waals surface area contributed by atoms with Gasteiger partial charge in [0.15, 0.2) is 5.72 Å². The number of benzene rings is 3. The number of phenols is 1. The Balaban J connectivity index is 1.91. The van der Waals surface area contributed by atoms with Crippen molar-refractivity contribution in [1.82, 2.24) is 9.55 Å². The van der Waals surface area contributed by atoms with E-state index in [0.717, 1.165) is 58.3 Å². The van der Waals surface area contributed by atoms with Gasteiger partial charge in [-0.05, 0) is 51.0 Å². The molecule has 0 radical (unpaired) electrons. The Kier molecular flexibility index (Phi) is 4.82. The molecule has 35 heavy (non-hydrogen) atoms. The van der Waals surface area contributed by atoms with Gasteiger partial charge >= 0.3 is 0 Å². The summed E-state index contributed by atoms with van der Waals surface area (Å²) < 4.78 is 14.2. The molecule has 3 heterocycles. The molecule has 0 saturated carbocycles. The van der Waals surface area contributed by atoms with Gasteiger partial charge in [0.2, 0.25) is 5.88 Å². The third kappa shape index (κ3) is 3.07. The van der Waals surface area contributed by atoms with E-state index in [2.05, 4.69) is 13.8 Å². The zero-order valence-corrected chi connectivity index (χ0v) is 20.6. The van der Waals surface area contributed by atoms with E-state index in [1.165, 1.54) is 0 Å². The maximum absolute atomic E-state index is 14.0. The highest BCUT2D eigenvalue weighted by atomic mass is 16.5. The molecule has 0 unspecified atom stereocenters. The zero-order valence-electron chi connectivity index (χ0n) is 20.6. The molecule has 1 N–H and O–H groups in total. The lowest BCUT2D eigenvalue weighted by molar-refractivity contribution is 0.113. The van der Waals surface area contributed by atoms with Crippen LogP contribution in [0.5, 0.6) is 17.4 Å². The van der Waals surface area contributed by atoms with Crippen LogP contribution in [0.1, 0.15) is 53.4 Å². The molecule has 0 aliphatic carbocycles. The molecule has 1 aliphatic rings. The smallest absolute Gasteiger partial charge is 0.264 e. The predicted octanol–water partition coefficient (Wildman–Crippen LogP) is 5.45. The van der Waals surface area contributed by atoms with Crippen LogP contribution in [0, 0.1) is 0 Å². The Morgan fingerprint density at radius 3 is 2.54 bits per heavy atom. The van der Waals surface area contributed by atoms with E-state index < -0.39 is 5.72 Å². The van der Waals surface area contributed by atoms with Crippen LogP contribution in [-0.2, 0) is 6.54 Å². The summed E-state index contributed by atoms with van der Waals surface area (Å²) in [4.78, 5) is 23.8. The number of nitrogens with zero attached hydrogens (tertiary/aromatic N) is 3. The van der Waals surface area contributed by atoms with Crippen LogP contribution < -0.4 is 20.4 Å². The highest BCUT2D eigenvalue weighted by Crippen LogP contribution is 2.45. The maximum atomic E-state index is 14.0. The van der Waals surface area contributed by atoms with Gasteiger partial charge in [-0.3, -0.25) is 4.79 Å². The van der Waals surface area contributed by atoms with Crippen molar-refractivity contribution in [1.29, 1.82) is 0 Å². The summed E-state index contributed by atoms with van der Waals surface area (Å²) in [6, 6.07) is 7.32. The van der Waals surface area contributed by atoms with Crippen molar-refractivity contribution in [2.45, 2.75) is 65.6 Å². The van der Waals surface area contributed by atoms with Crippen LogP contribution in [0.4, 0.5) is 0 Å². The number of phenolic OH excluding ortho intramolecular Hbond substituents is 1. The molecule has 0 saturated heterocycles. The van der Waals surface area contributed by atoms with Gasteiger partial charge in [0.05, 0.1) is 33.8 Å². The van der Waals surface area contributed by atoms with Gasteiger partial charge in [0.1, 0.15) is 16.9 Å². The number of hydrogen-bond acceptors (Lipinski definition) is 6. The van der Waals surface area contributed by atoms with Crippen LogP contribution in [0.15, 0.2) is 34.1 Å². The molecule has 2 aromatic heterocycles. The molecular formula is C28H29N3O4. The summed E-state index contributed by atoms with van der Waals surface area (Å²) in [6.07, 6.45) is 3.67. The minimum absolute atomic E-state index is 0.117. The number of aryl methyl sites for hydroxylation is 1. The fourth-order valence-corrected chi connectivity index (χ4v) is 5.38. The Morgan fingerprint density at radius 1 is 0.971 bits per heavy atom. The van der Waals surface area contributed by atoms with Gasteiger partial charge < -0.3 is 19.1 Å². The molecule has 180 valence electrons. The maximum Gasteiger partial charge on any atom is 0.264 e. The Hall–Kier alpha value is -3.61. The van der Waals surface area contributed by atoms with Gasteiger partial charge in [-0.25, -0.2) is 9.98 Å². The lowest BCUT2D eigenvalue weighted by Crippen LogP contribution is -2.33.